The van der Waals surface area contributed by atoms with Gasteiger partial charge in [0.1, 0.15) is 18.2 Å². The number of halogens is 2. The van der Waals surface area contributed by atoms with Gasteiger partial charge in [-0.15, -0.1) is 0 Å². The Morgan fingerprint density at radius 2 is 1.68 bits per heavy atom. The van der Waals surface area contributed by atoms with Crippen LogP contribution in [0.4, 0.5) is 21.7 Å². The highest BCUT2D eigenvalue weighted by atomic mass is 35.5. The lowest BCUT2D eigenvalue weighted by Gasteiger charge is -2.28. The molecule has 0 bridgehead atoms. The Morgan fingerprint density at radius 3 is 2.21 bits per heavy atom. The molecular formula is C28H35ClFN5O3. The zero-order chi connectivity index (χ0) is 27.8. The molecule has 3 aromatic rings. The highest BCUT2D eigenvalue weighted by molar-refractivity contribution is 6.33. The average molecular weight is 544 g/mol. The first-order chi connectivity index (χ1) is 18.1. The van der Waals surface area contributed by atoms with Crippen molar-refractivity contribution in [3.05, 3.63) is 64.7 Å². The Hall–Kier alpha value is -3.59. The SMILES string of the molecule is CNC(=O)c1cc(OC)c(Cl)c(COc2cnc(Nc3ccc(N(CC(C)C)CC(C)C)cc3)nc2)c1F. The smallest absolute Gasteiger partial charge is 0.254 e. The number of benzene rings is 2. The normalized spacial score (nSPS) is 11.0. The molecule has 38 heavy (non-hydrogen) atoms. The van der Waals surface area contributed by atoms with Crippen LogP contribution in [0.25, 0.3) is 0 Å². The van der Waals surface area contributed by atoms with Gasteiger partial charge < -0.3 is 25.0 Å². The van der Waals surface area contributed by atoms with Gasteiger partial charge in [-0.2, -0.15) is 0 Å². The first kappa shape index (κ1) is 29.0. The predicted molar refractivity (Wildman–Crippen MR) is 149 cm³/mol. The van der Waals surface area contributed by atoms with Gasteiger partial charge in [-0.05, 0) is 42.2 Å². The molecule has 2 N–H and O–H groups in total. The number of hydrogen-bond acceptors (Lipinski definition) is 7. The molecule has 8 nitrogen and oxygen atoms in total. The second-order valence-electron chi connectivity index (χ2n) is 9.71. The number of carbonyl (C=O) groups excluding carboxylic acids is 1. The van der Waals surface area contributed by atoms with Crippen LogP contribution in [-0.4, -0.2) is 43.1 Å². The summed E-state index contributed by atoms with van der Waals surface area (Å²) < 4.78 is 25.8. The molecule has 0 atom stereocenters. The van der Waals surface area contributed by atoms with E-state index in [-0.39, 0.29) is 28.5 Å². The van der Waals surface area contributed by atoms with E-state index < -0.39 is 11.7 Å². The predicted octanol–water partition coefficient (Wildman–Crippen LogP) is 6.08. The third-order valence-corrected chi connectivity index (χ3v) is 6.04. The zero-order valence-electron chi connectivity index (χ0n) is 22.6. The van der Waals surface area contributed by atoms with Crippen LogP contribution in [0.3, 0.4) is 0 Å². The van der Waals surface area contributed by atoms with Crippen molar-refractivity contribution < 1.29 is 18.7 Å². The third-order valence-electron chi connectivity index (χ3n) is 5.62. The molecule has 3 rings (SSSR count). The van der Waals surface area contributed by atoms with Crippen molar-refractivity contribution >= 4 is 34.8 Å². The first-order valence-corrected chi connectivity index (χ1v) is 12.8. The van der Waals surface area contributed by atoms with Gasteiger partial charge in [-0.3, -0.25) is 4.79 Å². The number of nitrogens with zero attached hydrogens (tertiary/aromatic N) is 3. The van der Waals surface area contributed by atoms with E-state index in [9.17, 15) is 9.18 Å². The van der Waals surface area contributed by atoms with Crippen LogP contribution in [-0.2, 0) is 6.61 Å². The molecular weight excluding hydrogens is 509 g/mol. The Labute approximate surface area is 228 Å². The average Bonchev–Trinajstić information content (AvgIpc) is 2.89. The number of rotatable bonds is 12. The lowest BCUT2D eigenvalue weighted by Crippen LogP contribution is -2.31. The van der Waals surface area contributed by atoms with Crippen LogP contribution in [0, 0.1) is 17.7 Å². The van der Waals surface area contributed by atoms with E-state index in [0.29, 0.717) is 23.5 Å². The minimum Gasteiger partial charge on any atom is -0.495 e. The molecule has 204 valence electrons. The van der Waals surface area contributed by atoms with Gasteiger partial charge >= 0.3 is 0 Å². The molecule has 0 spiro atoms. The molecule has 0 saturated carbocycles. The van der Waals surface area contributed by atoms with Gasteiger partial charge in [0.2, 0.25) is 5.95 Å². The quantitative estimate of drug-likeness (QED) is 0.286. The van der Waals surface area contributed by atoms with Crippen molar-refractivity contribution in [3.8, 4) is 11.5 Å². The standard InChI is InChI=1S/C28H35ClFN5O3/c1-17(2)14-35(15-18(3)4)20-9-7-19(8-10-20)34-28-32-12-21(13-33-28)38-16-23-25(29)24(37-6)11-22(26(23)30)27(36)31-5/h7-13,17-18H,14-16H2,1-6H3,(H,31,36)(H,32,33,34). The molecule has 0 aliphatic rings. The Kier molecular flexibility index (Phi) is 10.1. The van der Waals surface area contributed by atoms with Gasteiger partial charge in [-0.25, -0.2) is 14.4 Å². The summed E-state index contributed by atoms with van der Waals surface area (Å²) in [5.74, 6) is 0.618. The van der Waals surface area contributed by atoms with Crippen LogP contribution in [0.15, 0.2) is 42.7 Å². The second-order valence-corrected chi connectivity index (χ2v) is 10.1. The number of amides is 1. The summed E-state index contributed by atoms with van der Waals surface area (Å²) in [7, 11) is 2.80. The Balaban J connectivity index is 1.67. The number of anilines is 3. The minimum atomic E-state index is -0.779. The van der Waals surface area contributed by atoms with Crippen LogP contribution >= 0.6 is 11.6 Å². The van der Waals surface area contributed by atoms with Gasteiger partial charge in [0, 0.05) is 37.1 Å². The summed E-state index contributed by atoms with van der Waals surface area (Å²) in [5.41, 5.74) is 1.83. The lowest BCUT2D eigenvalue weighted by atomic mass is 10.1. The molecule has 0 aliphatic carbocycles. The molecule has 1 aromatic heterocycles. The summed E-state index contributed by atoms with van der Waals surface area (Å²) in [6.45, 7) is 10.6. The summed E-state index contributed by atoms with van der Waals surface area (Å²) in [4.78, 5) is 23.0. The highest BCUT2D eigenvalue weighted by Gasteiger charge is 2.22. The molecule has 2 aromatic carbocycles. The molecule has 1 amide bonds. The zero-order valence-corrected chi connectivity index (χ0v) is 23.4. The van der Waals surface area contributed by atoms with Crippen molar-refractivity contribution in [2.75, 3.05) is 37.5 Å². The van der Waals surface area contributed by atoms with Crippen LogP contribution in [0.2, 0.25) is 5.02 Å². The van der Waals surface area contributed by atoms with E-state index in [4.69, 9.17) is 21.1 Å². The first-order valence-electron chi connectivity index (χ1n) is 12.5. The van der Waals surface area contributed by atoms with E-state index in [1.165, 1.54) is 38.3 Å². The second kappa shape index (κ2) is 13.3. The molecule has 10 heteroatoms. The van der Waals surface area contributed by atoms with Crippen molar-refractivity contribution in [2.45, 2.75) is 34.3 Å². The molecule has 0 aliphatic heterocycles. The number of aromatic nitrogens is 2. The molecule has 1 heterocycles. The Morgan fingerprint density at radius 1 is 1.08 bits per heavy atom. The maximum absolute atomic E-state index is 15.0. The molecule has 0 unspecified atom stereocenters. The fraction of sp³-hybridized carbons (Fsp3) is 0.393. The molecule has 0 saturated heterocycles. The van der Waals surface area contributed by atoms with Gasteiger partial charge in [0.25, 0.3) is 5.91 Å². The molecule has 0 radical (unpaired) electrons. The summed E-state index contributed by atoms with van der Waals surface area (Å²) in [5, 5.41) is 5.60. The van der Waals surface area contributed by atoms with Crippen LogP contribution in [0.1, 0.15) is 43.6 Å². The van der Waals surface area contributed by atoms with E-state index in [1.807, 2.05) is 12.1 Å². The van der Waals surface area contributed by atoms with Crippen molar-refractivity contribution in [1.82, 2.24) is 15.3 Å². The van der Waals surface area contributed by atoms with Gasteiger partial charge in [0.05, 0.1) is 30.1 Å². The summed E-state index contributed by atoms with van der Waals surface area (Å²) in [6.07, 6.45) is 2.95. The van der Waals surface area contributed by atoms with E-state index in [2.05, 4.69) is 65.3 Å². The van der Waals surface area contributed by atoms with E-state index >= 15 is 0 Å². The van der Waals surface area contributed by atoms with Crippen molar-refractivity contribution in [2.24, 2.45) is 11.8 Å². The minimum absolute atomic E-state index is 0.00381. The van der Waals surface area contributed by atoms with Gasteiger partial charge in [0.15, 0.2) is 5.75 Å². The lowest BCUT2D eigenvalue weighted by molar-refractivity contribution is 0.0958. The third kappa shape index (κ3) is 7.47. The number of nitrogens with one attached hydrogen (secondary N) is 2. The van der Waals surface area contributed by atoms with E-state index in [0.717, 1.165) is 18.8 Å². The number of hydrogen-bond donors (Lipinski definition) is 2. The topological polar surface area (TPSA) is 88.6 Å². The van der Waals surface area contributed by atoms with Crippen LogP contribution < -0.4 is 25.0 Å². The number of methoxy groups -OCH3 is 1. The number of carbonyl (C=O) groups is 1. The fourth-order valence-corrected chi connectivity index (χ4v) is 4.17. The fourth-order valence-electron chi connectivity index (χ4n) is 3.90. The van der Waals surface area contributed by atoms with Crippen molar-refractivity contribution in [1.29, 1.82) is 0 Å². The Bertz CT molecular complexity index is 1210. The largest absolute Gasteiger partial charge is 0.495 e. The number of ether oxygens (including phenoxy) is 2. The molecule has 0 fully saturated rings. The maximum Gasteiger partial charge on any atom is 0.254 e. The van der Waals surface area contributed by atoms with E-state index in [1.54, 1.807) is 0 Å². The monoisotopic (exact) mass is 543 g/mol. The highest BCUT2D eigenvalue weighted by Crippen LogP contribution is 2.33. The summed E-state index contributed by atoms with van der Waals surface area (Å²) in [6, 6.07) is 9.42. The van der Waals surface area contributed by atoms with Crippen LogP contribution in [0.5, 0.6) is 11.5 Å². The summed E-state index contributed by atoms with van der Waals surface area (Å²) >= 11 is 6.27. The maximum atomic E-state index is 15.0. The van der Waals surface area contributed by atoms with Gasteiger partial charge in [-0.1, -0.05) is 39.3 Å². The van der Waals surface area contributed by atoms with Crippen molar-refractivity contribution in [3.63, 3.8) is 0 Å².